The second-order valence-electron chi connectivity index (χ2n) is 8.28. The van der Waals surface area contributed by atoms with Crippen LogP contribution in [0.1, 0.15) is 30.4 Å². The van der Waals surface area contributed by atoms with Crippen LogP contribution in [-0.4, -0.2) is 55.4 Å². The zero-order chi connectivity index (χ0) is 19.9. The van der Waals surface area contributed by atoms with Gasteiger partial charge in [0.2, 0.25) is 0 Å². The first kappa shape index (κ1) is 20.6. The first-order valence-electron chi connectivity index (χ1n) is 10.9. The Morgan fingerprint density at radius 2 is 1.93 bits per heavy atom. The first-order valence-corrected chi connectivity index (χ1v) is 11.9. The summed E-state index contributed by atoms with van der Waals surface area (Å²) in [5, 5.41) is 0. The van der Waals surface area contributed by atoms with E-state index in [4.69, 9.17) is 4.74 Å². The van der Waals surface area contributed by atoms with Crippen LogP contribution in [0.3, 0.4) is 0 Å². The van der Waals surface area contributed by atoms with E-state index in [1.165, 1.54) is 80.2 Å². The number of methoxy groups -OCH3 is 1. The maximum Gasteiger partial charge on any atom is 0.119 e. The molecule has 1 saturated heterocycles. The number of rotatable bonds is 7. The molecule has 0 spiro atoms. The number of hydrogen-bond acceptors (Lipinski definition) is 4. The Hall–Kier alpha value is -1.67. The van der Waals surface area contributed by atoms with Gasteiger partial charge < -0.3 is 9.64 Å². The molecule has 2 heterocycles. The van der Waals surface area contributed by atoms with Gasteiger partial charge in [0, 0.05) is 23.7 Å². The number of piperidine rings is 1. The van der Waals surface area contributed by atoms with Crippen molar-refractivity contribution in [3.8, 4) is 5.75 Å². The highest BCUT2D eigenvalue weighted by molar-refractivity contribution is 7.99. The van der Waals surface area contributed by atoms with Gasteiger partial charge in [-0.25, -0.2) is 0 Å². The van der Waals surface area contributed by atoms with E-state index in [1.54, 1.807) is 7.11 Å². The van der Waals surface area contributed by atoms with E-state index >= 15 is 0 Å². The van der Waals surface area contributed by atoms with Gasteiger partial charge in [0.15, 0.2) is 0 Å². The molecule has 2 aromatic rings. The molecule has 0 saturated carbocycles. The molecular formula is C25H32N2OS. The maximum absolute atomic E-state index is 5.43. The third-order valence-corrected chi connectivity index (χ3v) is 7.32. The molecule has 0 aromatic heterocycles. The summed E-state index contributed by atoms with van der Waals surface area (Å²) >= 11 is 1.98. The predicted octanol–water partition coefficient (Wildman–Crippen LogP) is 4.55. The van der Waals surface area contributed by atoms with Crippen LogP contribution in [0.25, 0.3) is 0 Å². The largest absolute Gasteiger partial charge is 0.497 e. The van der Waals surface area contributed by atoms with Gasteiger partial charge in [0.1, 0.15) is 5.75 Å². The quantitative estimate of drug-likeness (QED) is 0.668. The van der Waals surface area contributed by atoms with Crippen molar-refractivity contribution in [3.63, 3.8) is 0 Å². The van der Waals surface area contributed by atoms with E-state index in [0.717, 1.165) is 18.2 Å². The van der Waals surface area contributed by atoms with Crippen LogP contribution < -0.4 is 4.74 Å². The lowest BCUT2D eigenvalue weighted by Crippen LogP contribution is -2.36. The van der Waals surface area contributed by atoms with Gasteiger partial charge in [-0.1, -0.05) is 12.1 Å². The Morgan fingerprint density at radius 1 is 1.07 bits per heavy atom. The van der Waals surface area contributed by atoms with Crippen molar-refractivity contribution in [3.05, 3.63) is 59.7 Å². The zero-order valence-corrected chi connectivity index (χ0v) is 18.3. The van der Waals surface area contributed by atoms with Crippen LogP contribution >= 0.6 is 11.8 Å². The van der Waals surface area contributed by atoms with E-state index in [0.29, 0.717) is 0 Å². The Kier molecular flexibility index (Phi) is 7.38. The average molecular weight is 409 g/mol. The molecule has 0 aliphatic carbocycles. The summed E-state index contributed by atoms with van der Waals surface area (Å²) < 4.78 is 5.43. The van der Waals surface area contributed by atoms with Crippen molar-refractivity contribution in [1.29, 1.82) is 0 Å². The van der Waals surface area contributed by atoms with E-state index in [1.807, 2.05) is 17.8 Å². The standard InChI is InChI=1S/C25H32N2OS/c1-28-24-8-9-25-23(19-24)20-27(16-17-29-25)13-5-12-26-14-10-22(11-15-26)18-21-6-3-2-4-7-21/h3,6-9,19,22H,5,10-18,20H2,1H3. The number of ether oxygens (including phenoxy) is 1. The smallest absolute Gasteiger partial charge is 0.119 e. The third-order valence-electron chi connectivity index (χ3n) is 6.23. The zero-order valence-electron chi connectivity index (χ0n) is 17.5. The van der Waals surface area contributed by atoms with Gasteiger partial charge in [-0.3, -0.25) is 4.90 Å². The molecule has 2 aliphatic heterocycles. The third kappa shape index (κ3) is 5.92. The molecule has 4 rings (SSSR count). The van der Waals surface area contributed by atoms with Gasteiger partial charge in [-0.2, -0.15) is 0 Å². The minimum atomic E-state index is 0.830. The van der Waals surface area contributed by atoms with Crippen LogP contribution in [0, 0.1) is 18.1 Å². The minimum absolute atomic E-state index is 0.830. The van der Waals surface area contributed by atoms with Crippen molar-refractivity contribution in [2.45, 2.75) is 37.1 Å². The summed E-state index contributed by atoms with van der Waals surface area (Å²) in [7, 11) is 1.75. The fourth-order valence-electron chi connectivity index (χ4n) is 4.51. The summed E-state index contributed by atoms with van der Waals surface area (Å²) in [4.78, 5) is 6.71. The Bertz CT molecular complexity index is 759. The predicted molar refractivity (Wildman–Crippen MR) is 121 cm³/mol. The van der Waals surface area contributed by atoms with Crippen molar-refractivity contribution in [2.75, 3.05) is 45.6 Å². The Morgan fingerprint density at radius 3 is 2.72 bits per heavy atom. The molecule has 4 heteroatoms. The highest BCUT2D eigenvalue weighted by Crippen LogP contribution is 2.30. The van der Waals surface area contributed by atoms with Crippen LogP contribution in [0.4, 0.5) is 0 Å². The summed E-state index contributed by atoms with van der Waals surface area (Å²) in [5.41, 5.74) is 2.83. The van der Waals surface area contributed by atoms with E-state index in [-0.39, 0.29) is 0 Å². The molecule has 0 unspecified atom stereocenters. The van der Waals surface area contributed by atoms with E-state index in [2.05, 4.69) is 52.3 Å². The fraction of sp³-hybridized carbons (Fsp3) is 0.520. The molecule has 0 bridgehead atoms. The molecule has 2 aliphatic rings. The fourth-order valence-corrected chi connectivity index (χ4v) is 5.56. The maximum atomic E-state index is 5.43. The summed E-state index contributed by atoms with van der Waals surface area (Å²) in [6, 6.07) is 18.9. The Labute approximate surface area is 180 Å². The van der Waals surface area contributed by atoms with E-state index < -0.39 is 0 Å². The van der Waals surface area contributed by atoms with Crippen LogP contribution in [0.15, 0.2) is 41.3 Å². The highest BCUT2D eigenvalue weighted by Gasteiger charge is 2.20. The number of fused-ring (bicyclic) bond motifs is 1. The normalized spacial score (nSPS) is 18.7. The lowest BCUT2D eigenvalue weighted by Gasteiger charge is -2.32. The summed E-state index contributed by atoms with van der Waals surface area (Å²) in [5.74, 6) is 2.98. The van der Waals surface area contributed by atoms with Gasteiger partial charge in [-0.15, -0.1) is 11.8 Å². The van der Waals surface area contributed by atoms with Crippen LogP contribution in [0.5, 0.6) is 5.75 Å². The van der Waals surface area contributed by atoms with Crippen LogP contribution in [0.2, 0.25) is 0 Å². The van der Waals surface area contributed by atoms with Gasteiger partial charge in [0.25, 0.3) is 0 Å². The number of likely N-dealkylation sites (tertiary alicyclic amines) is 1. The first-order chi connectivity index (χ1) is 14.3. The molecule has 0 radical (unpaired) electrons. The lowest BCUT2D eigenvalue weighted by molar-refractivity contribution is 0.170. The van der Waals surface area contributed by atoms with Gasteiger partial charge in [0.05, 0.1) is 7.11 Å². The van der Waals surface area contributed by atoms with Crippen molar-refractivity contribution in [2.24, 2.45) is 5.92 Å². The topological polar surface area (TPSA) is 15.7 Å². The van der Waals surface area contributed by atoms with Crippen LogP contribution in [-0.2, 0) is 13.0 Å². The Balaban J connectivity index is 1.19. The van der Waals surface area contributed by atoms with Crippen molar-refractivity contribution >= 4 is 11.8 Å². The van der Waals surface area contributed by atoms with Crippen molar-refractivity contribution < 1.29 is 4.74 Å². The SMILES string of the molecule is COc1ccc2c(c1)CN(CCCN1CCC(Cc3cc#ccc3)CC1)CCS2. The number of nitrogens with zero attached hydrogens (tertiary/aromatic N) is 2. The van der Waals surface area contributed by atoms with E-state index in [9.17, 15) is 0 Å². The van der Waals surface area contributed by atoms with Gasteiger partial charge in [-0.05, 0) is 105 Å². The molecule has 154 valence electrons. The summed E-state index contributed by atoms with van der Waals surface area (Å²) in [6.45, 7) is 7.15. The van der Waals surface area contributed by atoms with Crippen molar-refractivity contribution in [1.82, 2.24) is 9.80 Å². The molecule has 1 fully saturated rings. The monoisotopic (exact) mass is 408 g/mol. The second-order valence-corrected chi connectivity index (χ2v) is 9.42. The number of benzene rings is 1. The minimum Gasteiger partial charge on any atom is -0.497 e. The number of hydrogen-bond donors (Lipinski definition) is 0. The lowest BCUT2D eigenvalue weighted by atomic mass is 9.90. The molecule has 0 N–H and O–H groups in total. The molecule has 29 heavy (non-hydrogen) atoms. The molecule has 3 nitrogen and oxygen atoms in total. The molecule has 2 aromatic carbocycles. The molecular weight excluding hydrogens is 376 g/mol. The molecule has 0 amide bonds. The second kappa shape index (κ2) is 10.4. The number of thioether (sulfide) groups is 1. The summed E-state index contributed by atoms with van der Waals surface area (Å²) in [6.07, 6.45) is 5.11. The molecule has 0 atom stereocenters. The highest BCUT2D eigenvalue weighted by atomic mass is 32.2. The average Bonchev–Trinajstić information content (AvgIpc) is 2.97. The van der Waals surface area contributed by atoms with Gasteiger partial charge >= 0.3 is 0 Å².